The number of benzene rings is 1. The van der Waals surface area contributed by atoms with Gasteiger partial charge in [-0.3, -0.25) is 0 Å². The van der Waals surface area contributed by atoms with Gasteiger partial charge < -0.3 is 15.0 Å². The van der Waals surface area contributed by atoms with Gasteiger partial charge in [-0.1, -0.05) is 0 Å². The molecule has 1 fully saturated rings. The molecule has 1 amide bonds. The van der Waals surface area contributed by atoms with E-state index in [-0.39, 0.29) is 12.7 Å². The SMILES string of the molecule is CC(C)(C)O[N+](=O)c1ccc(COC(=O)N2CCNCC2)cc1. The Morgan fingerprint density at radius 1 is 1.22 bits per heavy atom. The molecule has 7 heteroatoms. The third-order valence-corrected chi connectivity index (χ3v) is 3.24. The van der Waals surface area contributed by atoms with E-state index >= 15 is 0 Å². The number of carbonyl (C=O) groups excluding carboxylic acids is 1. The summed E-state index contributed by atoms with van der Waals surface area (Å²) in [5.74, 6) is 0. The summed E-state index contributed by atoms with van der Waals surface area (Å²) in [6.45, 7) is 8.50. The van der Waals surface area contributed by atoms with Crippen molar-refractivity contribution < 1.29 is 19.3 Å². The summed E-state index contributed by atoms with van der Waals surface area (Å²) in [4.78, 5) is 31.1. The number of hydrogen-bond donors (Lipinski definition) is 1. The summed E-state index contributed by atoms with van der Waals surface area (Å²) in [6.07, 6.45) is -0.308. The highest BCUT2D eigenvalue weighted by molar-refractivity contribution is 5.67. The van der Waals surface area contributed by atoms with Crippen molar-refractivity contribution in [1.29, 1.82) is 0 Å². The number of ether oxygens (including phenoxy) is 1. The molecule has 7 nitrogen and oxygen atoms in total. The number of nitrogens with one attached hydrogen (secondary N) is 1. The van der Waals surface area contributed by atoms with Crippen LogP contribution in [0.25, 0.3) is 0 Å². The van der Waals surface area contributed by atoms with Crippen molar-refractivity contribution in [2.24, 2.45) is 0 Å². The number of piperazine rings is 1. The van der Waals surface area contributed by atoms with Crippen molar-refractivity contribution in [2.45, 2.75) is 33.0 Å². The van der Waals surface area contributed by atoms with E-state index in [2.05, 4.69) is 5.32 Å². The minimum Gasteiger partial charge on any atom is -0.445 e. The van der Waals surface area contributed by atoms with E-state index in [9.17, 15) is 9.70 Å². The summed E-state index contributed by atoms with van der Waals surface area (Å²) >= 11 is 0. The van der Waals surface area contributed by atoms with Crippen LogP contribution in [-0.2, 0) is 16.2 Å². The lowest BCUT2D eigenvalue weighted by molar-refractivity contribution is -0.766. The largest absolute Gasteiger partial charge is 0.445 e. The molecule has 126 valence electrons. The molecule has 1 aromatic rings. The highest BCUT2D eigenvalue weighted by Gasteiger charge is 2.25. The molecule has 1 heterocycles. The van der Waals surface area contributed by atoms with Crippen LogP contribution in [0.2, 0.25) is 0 Å². The van der Waals surface area contributed by atoms with Crippen LogP contribution in [0.4, 0.5) is 10.5 Å². The minimum atomic E-state index is -0.556. The zero-order chi connectivity index (χ0) is 16.9. The van der Waals surface area contributed by atoms with Gasteiger partial charge in [0.15, 0.2) is 5.60 Å². The molecule has 0 bridgehead atoms. The van der Waals surface area contributed by atoms with E-state index in [4.69, 9.17) is 9.57 Å². The van der Waals surface area contributed by atoms with Crippen molar-refractivity contribution in [3.05, 3.63) is 34.7 Å². The molecule has 0 unspecified atom stereocenters. The quantitative estimate of drug-likeness (QED) is 0.862. The van der Waals surface area contributed by atoms with Gasteiger partial charge in [-0.15, -0.1) is 0 Å². The topological polar surface area (TPSA) is 70.9 Å². The van der Waals surface area contributed by atoms with Gasteiger partial charge in [-0.05, 0) is 38.5 Å². The first-order chi connectivity index (χ1) is 10.8. The third kappa shape index (κ3) is 5.52. The molecule has 0 saturated carbocycles. The van der Waals surface area contributed by atoms with Crippen LogP contribution in [0.3, 0.4) is 0 Å². The van der Waals surface area contributed by atoms with E-state index in [0.717, 1.165) is 18.7 Å². The predicted octanol–water partition coefficient (Wildman–Crippen LogP) is 2.37. The number of nitrogens with zero attached hydrogens (tertiary/aromatic N) is 2. The maximum absolute atomic E-state index is 11.9. The number of hydrogen-bond acceptors (Lipinski definition) is 5. The van der Waals surface area contributed by atoms with E-state index in [1.54, 1.807) is 29.2 Å². The molecule has 0 spiro atoms. The number of amides is 1. The van der Waals surface area contributed by atoms with Gasteiger partial charge in [0.2, 0.25) is 0 Å². The monoisotopic (exact) mass is 322 g/mol. The molecule has 0 aromatic heterocycles. The Hall–Kier alpha value is -2.15. The highest BCUT2D eigenvalue weighted by atomic mass is 16.8. The van der Waals surface area contributed by atoms with Crippen LogP contribution < -0.4 is 5.32 Å². The Balaban J connectivity index is 1.85. The summed E-state index contributed by atoms with van der Waals surface area (Å²) in [5, 5.41) is 3.18. The zero-order valence-corrected chi connectivity index (χ0v) is 13.9. The number of carbonyl (C=O) groups is 1. The summed E-state index contributed by atoms with van der Waals surface area (Å²) in [6, 6.07) is 6.79. The molecule has 1 aliphatic rings. The fourth-order valence-electron chi connectivity index (χ4n) is 2.10. The second-order valence-corrected chi connectivity index (χ2v) is 6.42. The normalized spacial score (nSPS) is 15.2. The Kier molecular flexibility index (Phi) is 5.54. The van der Waals surface area contributed by atoms with E-state index < -0.39 is 5.60 Å². The predicted molar refractivity (Wildman–Crippen MR) is 85.2 cm³/mol. The van der Waals surface area contributed by atoms with Crippen LogP contribution in [0.5, 0.6) is 0 Å². The van der Waals surface area contributed by atoms with E-state index in [1.807, 2.05) is 20.8 Å². The van der Waals surface area contributed by atoms with Crippen molar-refractivity contribution in [3.63, 3.8) is 0 Å². The van der Waals surface area contributed by atoms with Gasteiger partial charge in [0, 0.05) is 38.3 Å². The molecular weight excluding hydrogens is 298 g/mol. The zero-order valence-electron chi connectivity index (χ0n) is 13.9. The van der Waals surface area contributed by atoms with Crippen molar-refractivity contribution >= 4 is 11.8 Å². The molecule has 2 rings (SSSR count). The fraction of sp³-hybridized carbons (Fsp3) is 0.562. The molecule has 1 N–H and O–H groups in total. The van der Waals surface area contributed by atoms with Gasteiger partial charge in [-0.2, -0.15) is 0 Å². The van der Waals surface area contributed by atoms with Crippen molar-refractivity contribution in [3.8, 4) is 0 Å². The molecular formula is C16H24N3O4+. The molecule has 23 heavy (non-hydrogen) atoms. The third-order valence-electron chi connectivity index (χ3n) is 3.24. The average molecular weight is 322 g/mol. The van der Waals surface area contributed by atoms with Gasteiger partial charge in [0.1, 0.15) is 6.61 Å². The second-order valence-electron chi connectivity index (χ2n) is 6.42. The summed E-state index contributed by atoms with van der Waals surface area (Å²) in [7, 11) is 0. The molecule has 1 saturated heterocycles. The molecule has 1 aliphatic heterocycles. The standard InChI is InChI=1S/C16H24N3O4/c1-16(2,3)23-19(21)14-6-4-13(5-7-14)12-22-15(20)18-10-8-17-9-11-18/h4-7,17H,8-12H2,1-3H3/q+1. The Morgan fingerprint density at radius 3 is 2.39 bits per heavy atom. The lowest BCUT2D eigenvalue weighted by Gasteiger charge is -2.26. The maximum atomic E-state index is 11.9. The Labute approximate surface area is 136 Å². The highest BCUT2D eigenvalue weighted by Crippen LogP contribution is 2.18. The Bertz CT molecular complexity index is 545. The lowest BCUT2D eigenvalue weighted by Crippen LogP contribution is -2.46. The maximum Gasteiger partial charge on any atom is 0.410 e. The minimum absolute atomic E-state index is 0.183. The molecule has 1 aromatic carbocycles. The van der Waals surface area contributed by atoms with Gasteiger partial charge in [-0.25, -0.2) is 9.63 Å². The van der Waals surface area contributed by atoms with Crippen LogP contribution in [-0.4, -0.2) is 47.7 Å². The second kappa shape index (κ2) is 7.41. The van der Waals surface area contributed by atoms with Crippen LogP contribution >= 0.6 is 0 Å². The van der Waals surface area contributed by atoms with Crippen LogP contribution in [0, 0.1) is 4.91 Å². The molecule has 0 radical (unpaired) electrons. The van der Waals surface area contributed by atoms with Crippen molar-refractivity contribution in [2.75, 3.05) is 26.2 Å². The smallest absolute Gasteiger partial charge is 0.410 e. The van der Waals surface area contributed by atoms with Gasteiger partial charge in [0.25, 0.3) is 4.92 Å². The summed E-state index contributed by atoms with van der Waals surface area (Å²) in [5.41, 5.74) is 0.665. The van der Waals surface area contributed by atoms with Crippen LogP contribution in [0.1, 0.15) is 26.3 Å². The first-order valence-corrected chi connectivity index (χ1v) is 7.73. The first kappa shape index (κ1) is 17.2. The van der Waals surface area contributed by atoms with Crippen LogP contribution in [0.15, 0.2) is 24.3 Å². The molecule has 0 aliphatic carbocycles. The van der Waals surface area contributed by atoms with Gasteiger partial charge >= 0.3 is 11.8 Å². The fourth-order valence-corrected chi connectivity index (χ4v) is 2.10. The Morgan fingerprint density at radius 2 is 1.83 bits per heavy atom. The molecule has 0 atom stereocenters. The van der Waals surface area contributed by atoms with Crippen molar-refractivity contribution in [1.82, 2.24) is 10.2 Å². The average Bonchev–Trinajstić information content (AvgIpc) is 2.52. The first-order valence-electron chi connectivity index (χ1n) is 7.73. The van der Waals surface area contributed by atoms with E-state index in [1.165, 1.54) is 0 Å². The summed E-state index contributed by atoms with van der Waals surface area (Å²) < 4.78 is 5.28. The van der Waals surface area contributed by atoms with E-state index in [0.29, 0.717) is 23.7 Å². The number of rotatable bonds is 4. The van der Waals surface area contributed by atoms with Gasteiger partial charge in [0.05, 0.1) is 4.91 Å². The lowest BCUT2D eigenvalue weighted by atomic mass is 10.2.